The van der Waals surface area contributed by atoms with Crippen molar-refractivity contribution in [3.8, 4) is 5.75 Å². The van der Waals surface area contributed by atoms with Crippen molar-refractivity contribution >= 4 is 23.5 Å². The van der Waals surface area contributed by atoms with E-state index in [0.29, 0.717) is 13.0 Å². The Morgan fingerprint density at radius 1 is 1.40 bits per heavy atom. The molecule has 1 fully saturated rings. The van der Waals surface area contributed by atoms with E-state index >= 15 is 0 Å². The van der Waals surface area contributed by atoms with E-state index in [4.69, 9.17) is 21.4 Å². The maximum absolute atomic E-state index is 12.3. The van der Waals surface area contributed by atoms with Crippen LogP contribution in [0.2, 0.25) is 5.02 Å². The minimum Gasteiger partial charge on any atom is -0.497 e. The van der Waals surface area contributed by atoms with Gasteiger partial charge in [-0.1, -0.05) is 11.6 Å². The highest BCUT2D eigenvalue weighted by Crippen LogP contribution is 2.29. The second-order valence-electron chi connectivity index (χ2n) is 4.54. The lowest BCUT2D eigenvalue weighted by Gasteiger charge is -2.17. The Morgan fingerprint density at radius 2 is 2.05 bits per heavy atom. The Labute approximate surface area is 120 Å². The molecule has 6 nitrogen and oxygen atoms in total. The van der Waals surface area contributed by atoms with Gasteiger partial charge in [-0.3, -0.25) is 4.79 Å². The van der Waals surface area contributed by atoms with Crippen LogP contribution >= 0.6 is 11.6 Å². The van der Waals surface area contributed by atoms with Crippen LogP contribution in [-0.4, -0.2) is 53.3 Å². The molecule has 0 aromatic heterocycles. The molecule has 20 heavy (non-hydrogen) atoms. The van der Waals surface area contributed by atoms with E-state index in [9.17, 15) is 14.7 Å². The molecule has 1 aromatic rings. The van der Waals surface area contributed by atoms with E-state index in [1.807, 2.05) is 0 Å². The zero-order valence-corrected chi connectivity index (χ0v) is 11.6. The van der Waals surface area contributed by atoms with Crippen molar-refractivity contribution in [2.24, 2.45) is 0 Å². The fourth-order valence-corrected chi connectivity index (χ4v) is 2.39. The van der Waals surface area contributed by atoms with Gasteiger partial charge in [0.2, 0.25) is 0 Å². The van der Waals surface area contributed by atoms with Crippen LogP contribution in [0.5, 0.6) is 5.75 Å². The molecule has 2 rings (SSSR count). The van der Waals surface area contributed by atoms with E-state index in [1.54, 1.807) is 0 Å². The molecular weight excluding hydrogens is 286 g/mol. The van der Waals surface area contributed by atoms with Crippen molar-refractivity contribution in [1.82, 2.24) is 4.90 Å². The summed E-state index contributed by atoms with van der Waals surface area (Å²) in [5.41, 5.74) is -0.119. The van der Waals surface area contributed by atoms with Crippen molar-refractivity contribution in [2.75, 3.05) is 20.2 Å². The molecular formula is C13H14ClNO5. The zero-order chi connectivity index (χ0) is 14.9. The second kappa shape index (κ2) is 5.68. The van der Waals surface area contributed by atoms with Crippen LogP contribution in [0.15, 0.2) is 12.1 Å². The predicted molar refractivity (Wildman–Crippen MR) is 71.5 cm³/mol. The maximum atomic E-state index is 12.3. The third kappa shape index (κ3) is 2.71. The number of benzene rings is 1. The summed E-state index contributed by atoms with van der Waals surface area (Å²) < 4.78 is 4.99. The highest BCUT2D eigenvalue weighted by molar-refractivity contribution is 6.36. The molecule has 108 valence electrons. The summed E-state index contributed by atoms with van der Waals surface area (Å²) in [6, 6.07) is 2.67. The number of carboxylic acid groups (broad SMARTS) is 1. The van der Waals surface area contributed by atoms with Crippen molar-refractivity contribution < 1.29 is 24.5 Å². The van der Waals surface area contributed by atoms with Gasteiger partial charge >= 0.3 is 5.97 Å². The topological polar surface area (TPSA) is 87.1 Å². The van der Waals surface area contributed by atoms with E-state index in [1.165, 1.54) is 24.1 Å². The Balaban J connectivity index is 2.42. The minimum absolute atomic E-state index is 0.0671. The average Bonchev–Trinajstić information content (AvgIpc) is 2.84. The second-order valence-corrected chi connectivity index (χ2v) is 4.91. The first-order valence-electron chi connectivity index (χ1n) is 6.02. The molecule has 1 heterocycles. The van der Waals surface area contributed by atoms with Crippen LogP contribution in [0, 0.1) is 0 Å². The summed E-state index contributed by atoms with van der Waals surface area (Å²) >= 11 is 6.00. The van der Waals surface area contributed by atoms with Gasteiger partial charge in [-0.05, 0) is 18.6 Å². The first-order chi connectivity index (χ1) is 9.43. The number of halogens is 1. The maximum Gasteiger partial charge on any atom is 0.337 e. The molecule has 0 bridgehead atoms. The molecule has 1 atom stereocenters. The van der Waals surface area contributed by atoms with Crippen molar-refractivity contribution in [1.29, 1.82) is 0 Å². The number of hydrogen-bond acceptors (Lipinski definition) is 4. The Bertz CT molecular complexity index is 560. The predicted octanol–water partition coefficient (Wildman–Crippen LogP) is 1.25. The summed E-state index contributed by atoms with van der Waals surface area (Å²) in [5, 5.41) is 18.4. The number of hydrogen-bond donors (Lipinski definition) is 2. The van der Waals surface area contributed by atoms with Crippen LogP contribution in [0.3, 0.4) is 0 Å². The Hall–Kier alpha value is -1.79. The molecule has 0 spiro atoms. The van der Waals surface area contributed by atoms with Gasteiger partial charge in [0, 0.05) is 13.1 Å². The van der Waals surface area contributed by atoms with E-state index in [2.05, 4.69) is 0 Å². The van der Waals surface area contributed by atoms with E-state index in [-0.39, 0.29) is 28.4 Å². The summed E-state index contributed by atoms with van der Waals surface area (Å²) in [6.07, 6.45) is -0.0543. The molecule has 1 aromatic carbocycles. The van der Waals surface area contributed by atoms with Gasteiger partial charge in [-0.15, -0.1) is 0 Å². The summed E-state index contributed by atoms with van der Waals surface area (Å²) in [4.78, 5) is 24.9. The lowest BCUT2D eigenvalue weighted by molar-refractivity contribution is 0.0696. The van der Waals surface area contributed by atoms with Crippen LogP contribution in [0.4, 0.5) is 0 Å². The highest BCUT2D eigenvalue weighted by atomic mass is 35.5. The van der Waals surface area contributed by atoms with Gasteiger partial charge in [0.1, 0.15) is 5.75 Å². The van der Waals surface area contributed by atoms with E-state index in [0.717, 1.165) is 0 Å². The Morgan fingerprint density at radius 3 is 2.55 bits per heavy atom. The number of aliphatic hydroxyl groups is 1. The number of carbonyl (C=O) groups excluding carboxylic acids is 1. The van der Waals surface area contributed by atoms with Crippen molar-refractivity contribution in [2.45, 2.75) is 12.5 Å². The number of methoxy groups -OCH3 is 1. The number of ether oxygens (including phenoxy) is 1. The molecule has 1 aliphatic rings. The number of nitrogens with zero attached hydrogens (tertiary/aromatic N) is 1. The first kappa shape index (κ1) is 14.6. The third-order valence-corrected chi connectivity index (χ3v) is 3.60. The highest BCUT2D eigenvalue weighted by Gasteiger charge is 2.28. The van der Waals surface area contributed by atoms with Gasteiger partial charge in [0.15, 0.2) is 0 Å². The van der Waals surface area contributed by atoms with Gasteiger partial charge < -0.3 is 19.8 Å². The number of amides is 1. The lowest BCUT2D eigenvalue weighted by Crippen LogP contribution is -2.30. The van der Waals surface area contributed by atoms with Crippen LogP contribution in [0.1, 0.15) is 27.1 Å². The van der Waals surface area contributed by atoms with Crippen molar-refractivity contribution in [3.63, 3.8) is 0 Å². The first-order valence-corrected chi connectivity index (χ1v) is 6.40. The number of aromatic carboxylic acids is 1. The Kier molecular flexibility index (Phi) is 4.15. The van der Waals surface area contributed by atoms with Gasteiger partial charge in [-0.25, -0.2) is 4.79 Å². The zero-order valence-electron chi connectivity index (χ0n) is 10.8. The van der Waals surface area contributed by atoms with Crippen LogP contribution in [0.25, 0.3) is 0 Å². The fourth-order valence-electron chi connectivity index (χ4n) is 2.12. The number of carbonyl (C=O) groups is 2. The van der Waals surface area contributed by atoms with E-state index < -0.39 is 18.0 Å². The fraction of sp³-hybridized carbons (Fsp3) is 0.385. The smallest absolute Gasteiger partial charge is 0.337 e. The molecule has 0 aliphatic carbocycles. The van der Waals surface area contributed by atoms with Gasteiger partial charge in [0.05, 0.1) is 29.4 Å². The van der Waals surface area contributed by atoms with Gasteiger partial charge in [0.25, 0.3) is 5.91 Å². The normalized spacial score (nSPS) is 18.1. The van der Waals surface area contributed by atoms with Crippen molar-refractivity contribution in [3.05, 3.63) is 28.3 Å². The molecule has 0 saturated carbocycles. The summed E-state index contributed by atoms with van der Waals surface area (Å²) in [7, 11) is 1.38. The number of aliphatic hydroxyl groups excluding tert-OH is 1. The largest absolute Gasteiger partial charge is 0.497 e. The summed E-state index contributed by atoms with van der Waals surface area (Å²) in [6.45, 7) is 0.630. The molecule has 1 amide bonds. The number of β-amino-alcohol motifs (C(OH)–C–C–N with tert-alkyl or cyclic N) is 1. The molecule has 0 radical (unpaired) electrons. The third-order valence-electron chi connectivity index (χ3n) is 3.19. The summed E-state index contributed by atoms with van der Waals surface area (Å²) in [5.74, 6) is -1.40. The van der Waals surface area contributed by atoms with Crippen LogP contribution < -0.4 is 4.74 Å². The molecule has 2 N–H and O–H groups in total. The number of carboxylic acids is 1. The van der Waals surface area contributed by atoms with Gasteiger partial charge in [-0.2, -0.15) is 0 Å². The molecule has 1 saturated heterocycles. The van der Waals surface area contributed by atoms with Crippen LogP contribution in [-0.2, 0) is 0 Å². The number of rotatable bonds is 3. The SMILES string of the molecule is COc1cc(C(=O)O)c(Cl)c(C(=O)N2CCC(O)C2)c1. The average molecular weight is 300 g/mol. The lowest BCUT2D eigenvalue weighted by atomic mass is 10.1. The molecule has 7 heteroatoms. The minimum atomic E-state index is -1.23. The monoisotopic (exact) mass is 299 g/mol. The molecule has 1 aliphatic heterocycles. The number of likely N-dealkylation sites (tertiary alicyclic amines) is 1. The quantitative estimate of drug-likeness (QED) is 0.877. The molecule has 1 unspecified atom stereocenters. The standard InChI is InChI=1S/C13H14ClNO5/c1-20-8-4-9(11(14)10(5-8)13(18)19)12(17)15-3-2-7(16)6-15/h4-5,7,16H,2-3,6H2,1H3,(H,18,19).